The van der Waals surface area contributed by atoms with Crippen molar-refractivity contribution >= 4 is 5.97 Å². The average Bonchev–Trinajstić information content (AvgIpc) is 2.42. The van der Waals surface area contributed by atoms with Crippen molar-refractivity contribution in [3.8, 4) is 0 Å². The minimum Gasteiger partial charge on any atom is -0.466 e. The smallest absolute Gasteiger partial charge is 0.307 e. The van der Waals surface area contributed by atoms with Crippen molar-refractivity contribution < 1.29 is 9.53 Å². The van der Waals surface area contributed by atoms with Crippen molar-refractivity contribution in [3.05, 3.63) is 35.4 Å². The van der Waals surface area contributed by atoms with E-state index in [9.17, 15) is 4.79 Å². The van der Waals surface area contributed by atoms with Gasteiger partial charge in [0.2, 0.25) is 0 Å². The van der Waals surface area contributed by atoms with Crippen LogP contribution in [0.25, 0.3) is 0 Å². The molecule has 0 aliphatic heterocycles. The predicted octanol–water partition coefficient (Wildman–Crippen LogP) is 3.34. The molecule has 0 spiro atoms. The van der Waals surface area contributed by atoms with Gasteiger partial charge >= 0.3 is 5.97 Å². The van der Waals surface area contributed by atoms with Crippen LogP contribution in [0.3, 0.4) is 0 Å². The van der Waals surface area contributed by atoms with Crippen LogP contribution in [-0.4, -0.2) is 19.1 Å². The molecule has 0 heterocycles. The Morgan fingerprint density at radius 2 is 2.15 bits per heavy atom. The van der Waals surface area contributed by atoms with E-state index in [-0.39, 0.29) is 11.4 Å². The van der Waals surface area contributed by atoms with Crippen LogP contribution in [0.5, 0.6) is 0 Å². The molecule has 1 N–H and O–H groups in total. The summed E-state index contributed by atoms with van der Waals surface area (Å²) in [4.78, 5) is 11.4. The second-order valence-corrected chi connectivity index (χ2v) is 6.07. The first-order chi connectivity index (χ1) is 9.54. The lowest BCUT2D eigenvalue weighted by Crippen LogP contribution is -2.33. The molecule has 2 rings (SSSR count). The van der Waals surface area contributed by atoms with Gasteiger partial charge in [0.1, 0.15) is 0 Å². The van der Waals surface area contributed by atoms with Crippen molar-refractivity contribution in [2.45, 2.75) is 51.5 Å². The predicted molar refractivity (Wildman–Crippen MR) is 80.7 cm³/mol. The Kier molecular flexibility index (Phi) is 4.81. The van der Waals surface area contributed by atoms with E-state index in [4.69, 9.17) is 4.74 Å². The zero-order valence-electron chi connectivity index (χ0n) is 12.7. The molecule has 0 fully saturated rings. The Labute approximate surface area is 121 Å². The maximum atomic E-state index is 11.4. The summed E-state index contributed by atoms with van der Waals surface area (Å²) in [7, 11) is 0. The van der Waals surface area contributed by atoms with Gasteiger partial charge in [0.15, 0.2) is 0 Å². The van der Waals surface area contributed by atoms with Gasteiger partial charge in [-0.25, -0.2) is 0 Å². The molecule has 0 amide bonds. The second kappa shape index (κ2) is 6.40. The maximum absolute atomic E-state index is 11.4. The summed E-state index contributed by atoms with van der Waals surface area (Å²) in [5, 5.41) is 3.50. The number of esters is 1. The summed E-state index contributed by atoms with van der Waals surface area (Å²) in [6.45, 7) is 7.59. The SMILES string of the molecule is CCOC(=O)CCNC1CCC(C)(C)c2ccccc21. The van der Waals surface area contributed by atoms with Gasteiger partial charge in [-0.2, -0.15) is 0 Å². The summed E-state index contributed by atoms with van der Waals surface area (Å²) >= 11 is 0. The minimum absolute atomic E-state index is 0.121. The minimum atomic E-state index is -0.121. The molecule has 0 saturated heterocycles. The zero-order valence-corrected chi connectivity index (χ0v) is 12.7. The summed E-state index contributed by atoms with van der Waals surface area (Å²) in [6.07, 6.45) is 2.73. The number of rotatable bonds is 5. The van der Waals surface area contributed by atoms with Gasteiger partial charge in [0.25, 0.3) is 0 Å². The number of nitrogens with one attached hydrogen (secondary N) is 1. The lowest BCUT2D eigenvalue weighted by molar-refractivity contribution is -0.143. The monoisotopic (exact) mass is 275 g/mol. The van der Waals surface area contributed by atoms with Crippen LogP contribution in [0.15, 0.2) is 24.3 Å². The lowest BCUT2D eigenvalue weighted by atomic mass is 9.71. The first-order valence-electron chi connectivity index (χ1n) is 7.53. The molecule has 3 heteroatoms. The average molecular weight is 275 g/mol. The zero-order chi connectivity index (χ0) is 14.6. The molecular weight excluding hydrogens is 250 g/mol. The van der Waals surface area contributed by atoms with Crippen molar-refractivity contribution in [1.82, 2.24) is 5.32 Å². The lowest BCUT2D eigenvalue weighted by Gasteiger charge is -2.37. The van der Waals surface area contributed by atoms with Gasteiger partial charge in [0.05, 0.1) is 13.0 Å². The molecule has 3 nitrogen and oxygen atoms in total. The van der Waals surface area contributed by atoms with Crippen molar-refractivity contribution in [1.29, 1.82) is 0 Å². The standard InChI is InChI=1S/C17H25NO2/c1-4-20-16(19)10-12-18-15-9-11-17(2,3)14-8-6-5-7-13(14)15/h5-8,15,18H,4,9-12H2,1-3H3. The Hall–Kier alpha value is -1.35. The summed E-state index contributed by atoms with van der Waals surface area (Å²) in [5.74, 6) is -0.121. The van der Waals surface area contributed by atoms with Crippen LogP contribution in [0.2, 0.25) is 0 Å². The Morgan fingerprint density at radius 1 is 1.40 bits per heavy atom. The molecular formula is C17H25NO2. The molecule has 1 aromatic carbocycles. The van der Waals surface area contributed by atoms with Crippen LogP contribution in [0.1, 0.15) is 57.2 Å². The van der Waals surface area contributed by atoms with Crippen LogP contribution in [-0.2, 0) is 14.9 Å². The Balaban J connectivity index is 1.99. The summed E-state index contributed by atoms with van der Waals surface area (Å²) < 4.78 is 4.95. The molecule has 20 heavy (non-hydrogen) atoms. The fraction of sp³-hybridized carbons (Fsp3) is 0.588. The molecule has 110 valence electrons. The molecule has 1 aromatic rings. The Bertz CT molecular complexity index is 468. The highest BCUT2D eigenvalue weighted by Gasteiger charge is 2.31. The third-order valence-electron chi connectivity index (χ3n) is 4.15. The van der Waals surface area contributed by atoms with E-state index in [0.29, 0.717) is 25.6 Å². The first kappa shape index (κ1) is 15.0. The fourth-order valence-corrected chi connectivity index (χ4v) is 3.01. The van der Waals surface area contributed by atoms with Gasteiger partial charge in [-0.15, -0.1) is 0 Å². The highest BCUT2D eigenvalue weighted by atomic mass is 16.5. The van der Waals surface area contributed by atoms with Crippen LogP contribution in [0, 0.1) is 0 Å². The number of hydrogen-bond acceptors (Lipinski definition) is 3. The fourth-order valence-electron chi connectivity index (χ4n) is 3.01. The van der Waals surface area contributed by atoms with Crippen molar-refractivity contribution in [3.63, 3.8) is 0 Å². The molecule has 0 radical (unpaired) electrons. The molecule has 1 aliphatic carbocycles. The van der Waals surface area contributed by atoms with Gasteiger partial charge in [-0.05, 0) is 36.3 Å². The molecule has 1 atom stereocenters. The second-order valence-electron chi connectivity index (χ2n) is 6.07. The highest BCUT2D eigenvalue weighted by molar-refractivity contribution is 5.69. The number of carbonyl (C=O) groups is 1. The van der Waals surface area contributed by atoms with Gasteiger partial charge < -0.3 is 10.1 Å². The molecule has 1 unspecified atom stereocenters. The highest BCUT2D eigenvalue weighted by Crippen LogP contribution is 2.41. The molecule has 0 saturated carbocycles. The van der Waals surface area contributed by atoms with Crippen LogP contribution in [0.4, 0.5) is 0 Å². The molecule has 0 aromatic heterocycles. The first-order valence-corrected chi connectivity index (χ1v) is 7.53. The quantitative estimate of drug-likeness (QED) is 0.838. The van der Waals surface area contributed by atoms with Crippen molar-refractivity contribution in [2.75, 3.05) is 13.2 Å². The van der Waals surface area contributed by atoms with Gasteiger partial charge in [-0.1, -0.05) is 38.1 Å². The van der Waals surface area contributed by atoms with E-state index in [0.717, 1.165) is 6.42 Å². The van der Waals surface area contributed by atoms with E-state index in [1.807, 2.05) is 6.92 Å². The van der Waals surface area contributed by atoms with E-state index in [1.54, 1.807) is 0 Å². The van der Waals surface area contributed by atoms with E-state index >= 15 is 0 Å². The normalized spacial score (nSPS) is 20.2. The number of carbonyl (C=O) groups excluding carboxylic acids is 1. The topological polar surface area (TPSA) is 38.3 Å². The molecule has 1 aliphatic rings. The summed E-state index contributed by atoms with van der Waals surface area (Å²) in [5.41, 5.74) is 3.06. The third-order valence-corrected chi connectivity index (χ3v) is 4.15. The number of hydrogen-bond donors (Lipinski definition) is 1. The van der Waals surface area contributed by atoms with E-state index in [2.05, 4.69) is 43.4 Å². The van der Waals surface area contributed by atoms with Gasteiger partial charge in [-0.3, -0.25) is 4.79 Å². The van der Waals surface area contributed by atoms with Crippen LogP contribution >= 0.6 is 0 Å². The summed E-state index contributed by atoms with van der Waals surface area (Å²) in [6, 6.07) is 9.00. The number of fused-ring (bicyclic) bond motifs is 1. The molecule has 0 bridgehead atoms. The van der Waals surface area contributed by atoms with Crippen LogP contribution < -0.4 is 5.32 Å². The van der Waals surface area contributed by atoms with Crippen molar-refractivity contribution in [2.24, 2.45) is 0 Å². The number of ether oxygens (including phenoxy) is 1. The van der Waals surface area contributed by atoms with E-state index < -0.39 is 0 Å². The maximum Gasteiger partial charge on any atom is 0.307 e. The largest absolute Gasteiger partial charge is 0.466 e. The van der Waals surface area contributed by atoms with Gasteiger partial charge in [0, 0.05) is 12.6 Å². The number of benzene rings is 1. The Morgan fingerprint density at radius 3 is 2.90 bits per heavy atom. The van der Waals surface area contributed by atoms with E-state index in [1.165, 1.54) is 17.5 Å². The third kappa shape index (κ3) is 3.40.